The third kappa shape index (κ3) is 2.63. The number of nitrogens with zero attached hydrogens (tertiary/aromatic N) is 1. The van der Waals surface area contributed by atoms with Crippen molar-refractivity contribution in [1.82, 2.24) is 4.98 Å². The average molecular weight is 287 g/mol. The molecule has 1 aliphatic rings. The van der Waals surface area contributed by atoms with Gasteiger partial charge in [0.2, 0.25) is 0 Å². The summed E-state index contributed by atoms with van der Waals surface area (Å²) in [5.74, 6) is 1.17. The number of benzene rings is 1. The minimum absolute atomic E-state index is 0.0815. The molecule has 1 aromatic heterocycles. The average Bonchev–Trinajstić information content (AvgIpc) is 2.89. The summed E-state index contributed by atoms with van der Waals surface area (Å²) in [4.78, 5) is 15.6. The second-order valence-electron chi connectivity index (χ2n) is 4.54. The molecule has 0 aliphatic carbocycles. The number of aromatic carboxylic acids is 1. The molecule has 1 aromatic carbocycles. The molecular weight excluding hydrogens is 274 g/mol. The van der Waals surface area contributed by atoms with E-state index in [1.165, 1.54) is 11.8 Å². The third-order valence-corrected chi connectivity index (χ3v) is 4.36. The van der Waals surface area contributed by atoms with Crippen molar-refractivity contribution in [2.45, 2.75) is 10.8 Å². The van der Waals surface area contributed by atoms with E-state index in [1.807, 2.05) is 24.3 Å². The Bertz CT molecular complexity index is 645. The molecule has 3 rings (SSSR count). The van der Waals surface area contributed by atoms with Crippen molar-refractivity contribution in [1.29, 1.82) is 0 Å². The zero-order valence-electron chi connectivity index (χ0n) is 10.7. The highest BCUT2D eigenvalue weighted by atomic mass is 32.2. The van der Waals surface area contributed by atoms with Crippen LogP contribution in [0.2, 0.25) is 0 Å². The van der Waals surface area contributed by atoms with Gasteiger partial charge in [0.1, 0.15) is 11.4 Å². The van der Waals surface area contributed by atoms with Crippen molar-refractivity contribution >= 4 is 17.7 Å². The molecule has 1 atom stereocenters. The Hall–Kier alpha value is -2.01. The van der Waals surface area contributed by atoms with Crippen LogP contribution >= 0.6 is 11.8 Å². The lowest BCUT2D eigenvalue weighted by Gasteiger charge is -2.08. The minimum Gasteiger partial charge on any atom is -0.493 e. The predicted molar refractivity (Wildman–Crippen MR) is 76.6 cm³/mol. The number of ether oxygens (including phenoxy) is 1. The zero-order valence-corrected chi connectivity index (χ0v) is 11.5. The standard InChI is InChI=1S/C15H13NO3S/c17-15(18)13-7-11(5-6-16-13)20-9-10-8-19-14-4-2-1-3-12(10)14/h1-7,10H,8-9H2,(H,17,18). The van der Waals surface area contributed by atoms with Crippen molar-refractivity contribution in [3.8, 4) is 5.75 Å². The molecule has 0 saturated heterocycles. The summed E-state index contributed by atoms with van der Waals surface area (Å²) in [6.45, 7) is 0.684. The molecule has 0 amide bonds. The lowest BCUT2D eigenvalue weighted by molar-refractivity contribution is 0.0690. The Labute approximate surface area is 120 Å². The van der Waals surface area contributed by atoms with Gasteiger partial charge in [-0.05, 0) is 18.2 Å². The summed E-state index contributed by atoms with van der Waals surface area (Å²) in [6, 6.07) is 11.5. The quantitative estimate of drug-likeness (QED) is 0.876. The number of carbonyl (C=O) groups is 1. The summed E-state index contributed by atoms with van der Waals surface area (Å²) in [5.41, 5.74) is 1.31. The number of fused-ring (bicyclic) bond motifs is 1. The maximum Gasteiger partial charge on any atom is 0.354 e. The SMILES string of the molecule is O=C(O)c1cc(SCC2COc3ccccc32)ccn1. The van der Waals surface area contributed by atoms with Crippen LogP contribution in [0.5, 0.6) is 5.75 Å². The fraction of sp³-hybridized carbons (Fsp3) is 0.200. The Kier molecular flexibility index (Phi) is 3.60. The third-order valence-electron chi connectivity index (χ3n) is 3.20. The Balaban J connectivity index is 1.69. The van der Waals surface area contributed by atoms with Gasteiger partial charge < -0.3 is 9.84 Å². The van der Waals surface area contributed by atoms with Crippen molar-refractivity contribution < 1.29 is 14.6 Å². The van der Waals surface area contributed by atoms with Crippen molar-refractivity contribution in [2.75, 3.05) is 12.4 Å². The van der Waals surface area contributed by atoms with Gasteiger partial charge in [-0.25, -0.2) is 9.78 Å². The van der Waals surface area contributed by atoms with Crippen LogP contribution in [0.1, 0.15) is 22.0 Å². The van der Waals surface area contributed by atoms with E-state index in [1.54, 1.807) is 17.8 Å². The summed E-state index contributed by atoms with van der Waals surface area (Å²) < 4.78 is 5.64. The molecule has 2 heterocycles. The van der Waals surface area contributed by atoms with Crippen LogP contribution in [0.4, 0.5) is 0 Å². The molecular formula is C15H13NO3S. The molecule has 0 bridgehead atoms. The molecule has 20 heavy (non-hydrogen) atoms. The van der Waals surface area contributed by atoms with Gasteiger partial charge in [-0.3, -0.25) is 0 Å². The van der Waals surface area contributed by atoms with Gasteiger partial charge in [-0.2, -0.15) is 0 Å². The normalized spacial score (nSPS) is 16.5. The number of carboxylic acid groups (broad SMARTS) is 1. The van der Waals surface area contributed by atoms with E-state index in [9.17, 15) is 4.79 Å². The van der Waals surface area contributed by atoms with Crippen molar-refractivity contribution in [3.63, 3.8) is 0 Å². The van der Waals surface area contributed by atoms with E-state index in [2.05, 4.69) is 11.1 Å². The van der Waals surface area contributed by atoms with E-state index < -0.39 is 5.97 Å². The van der Waals surface area contributed by atoms with Gasteiger partial charge in [0.25, 0.3) is 0 Å². The topological polar surface area (TPSA) is 59.4 Å². The van der Waals surface area contributed by atoms with E-state index in [4.69, 9.17) is 9.84 Å². The second kappa shape index (κ2) is 5.54. The molecule has 0 fully saturated rings. The van der Waals surface area contributed by atoms with Gasteiger partial charge in [0.15, 0.2) is 0 Å². The Morgan fingerprint density at radius 2 is 2.25 bits per heavy atom. The molecule has 0 spiro atoms. The number of hydrogen-bond acceptors (Lipinski definition) is 4. The molecule has 4 nitrogen and oxygen atoms in total. The van der Waals surface area contributed by atoms with Gasteiger partial charge >= 0.3 is 5.97 Å². The van der Waals surface area contributed by atoms with Gasteiger partial charge in [-0.15, -0.1) is 11.8 Å². The fourth-order valence-corrected chi connectivity index (χ4v) is 3.20. The molecule has 102 valence electrons. The van der Waals surface area contributed by atoms with E-state index in [-0.39, 0.29) is 5.69 Å². The van der Waals surface area contributed by atoms with E-state index in [0.29, 0.717) is 12.5 Å². The molecule has 5 heteroatoms. The van der Waals surface area contributed by atoms with Crippen LogP contribution in [-0.4, -0.2) is 28.4 Å². The largest absolute Gasteiger partial charge is 0.493 e. The van der Waals surface area contributed by atoms with Crippen LogP contribution in [0.15, 0.2) is 47.5 Å². The number of carboxylic acids is 1. The smallest absolute Gasteiger partial charge is 0.354 e. The first-order valence-corrected chi connectivity index (χ1v) is 7.26. The number of pyridine rings is 1. The van der Waals surface area contributed by atoms with Crippen molar-refractivity contribution in [2.24, 2.45) is 0 Å². The molecule has 0 radical (unpaired) electrons. The first kappa shape index (κ1) is 13.0. The fourth-order valence-electron chi connectivity index (χ4n) is 2.18. The first-order valence-electron chi connectivity index (χ1n) is 6.28. The monoisotopic (exact) mass is 287 g/mol. The number of hydrogen-bond donors (Lipinski definition) is 1. The summed E-state index contributed by atoms with van der Waals surface area (Å²) in [5, 5.41) is 8.93. The minimum atomic E-state index is -0.998. The number of aromatic nitrogens is 1. The highest BCUT2D eigenvalue weighted by molar-refractivity contribution is 7.99. The number of thioether (sulfide) groups is 1. The van der Waals surface area contributed by atoms with Crippen molar-refractivity contribution in [3.05, 3.63) is 53.9 Å². The summed E-state index contributed by atoms with van der Waals surface area (Å²) in [6.07, 6.45) is 1.53. The zero-order chi connectivity index (χ0) is 13.9. The van der Waals surface area contributed by atoms with Crippen LogP contribution < -0.4 is 4.74 Å². The highest BCUT2D eigenvalue weighted by Crippen LogP contribution is 2.36. The Morgan fingerprint density at radius 3 is 3.10 bits per heavy atom. The molecule has 1 N–H and O–H groups in total. The van der Waals surface area contributed by atoms with Crippen LogP contribution in [0.25, 0.3) is 0 Å². The summed E-state index contributed by atoms with van der Waals surface area (Å²) >= 11 is 1.63. The maximum atomic E-state index is 10.9. The molecule has 1 aliphatic heterocycles. The first-order chi connectivity index (χ1) is 9.74. The van der Waals surface area contributed by atoms with Gasteiger partial charge in [0.05, 0.1) is 6.61 Å². The molecule has 0 saturated carbocycles. The maximum absolute atomic E-state index is 10.9. The predicted octanol–water partition coefficient (Wildman–Crippen LogP) is 3.05. The number of rotatable bonds is 4. The van der Waals surface area contributed by atoms with Crippen LogP contribution in [-0.2, 0) is 0 Å². The van der Waals surface area contributed by atoms with E-state index >= 15 is 0 Å². The number of para-hydroxylation sites is 1. The summed E-state index contributed by atoms with van der Waals surface area (Å²) in [7, 11) is 0. The van der Waals surface area contributed by atoms with Crippen LogP contribution in [0, 0.1) is 0 Å². The highest BCUT2D eigenvalue weighted by Gasteiger charge is 2.23. The van der Waals surface area contributed by atoms with Gasteiger partial charge in [-0.1, -0.05) is 18.2 Å². The van der Waals surface area contributed by atoms with E-state index in [0.717, 1.165) is 16.4 Å². The Morgan fingerprint density at radius 1 is 1.40 bits per heavy atom. The molecule has 1 unspecified atom stereocenters. The lowest BCUT2D eigenvalue weighted by Crippen LogP contribution is -2.04. The van der Waals surface area contributed by atoms with Crippen LogP contribution in [0.3, 0.4) is 0 Å². The van der Waals surface area contributed by atoms with Gasteiger partial charge in [0, 0.05) is 28.3 Å². The lowest BCUT2D eigenvalue weighted by atomic mass is 10.0. The molecule has 2 aromatic rings. The second-order valence-corrected chi connectivity index (χ2v) is 5.63.